The van der Waals surface area contributed by atoms with E-state index in [2.05, 4.69) is 13.0 Å². The number of esters is 1. The zero-order chi connectivity index (χ0) is 21.3. The average molecular weight is 400 g/mol. The first-order valence-corrected chi connectivity index (χ1v) is 10.2. The van der Waals surface area contributed by atoms with Crippen molar-refractivity contribution in [3.63, 3.8) is 0 Å². The second-order valence-electron chi connectivity index (χ2n) is 7.96. The molecule has 30 heavy (non-hydrogen) atoms. The molecular weight excluding hydrogens is 376 g/mol. The van der Waals surface area contributed by atoms with E-state index in [0.717, 1.165) is 34.7 Å². The van der Waals surface area contributed by atoms with E-state index < -0.39 is 5.97 Å². The van der Waals surface area contributed by atoms with Gasteiger partial charge in [-0.2, -0.15) is 0 Å². The van der Waals surface area contributed by atoms with Gasteiger partial charge in [0.05, 0.1) is 11.5 Å². The molecule has 1 aliphatic carbocycles. The second kappa shape index (κ2) is 8.15. The van der Waals surface area contributed by atoms with E-state index in [9.17, 15) is 14.7 Å². The molecule has 3 aromatic rings. The molecule has 0 spiro atoms. The molecule has 0 amide bonds. The van der Waals surface area contributed by atoms with Crippen LogP contribution in [0.2, 0.25) is 0 Å². The summed E-state index contributed by atoms with van der Waals surface area (Å²) in [7, 11) is 0. The Kier molecular flexibility index (Phi) is 5.40. The molecule has 4 nitrogen and oxygen atoms in total. The van der Waals surface area contributed by atoms with Crippen molar-refractivity contribution in [2.45, 2.75) is 33.1 Å². The topological polar surface area (TPSA) is 63.6 Å². The van der Waals surface area contributed by atoms with Gasteiger partial charge in [-0.3, -0.25) is 4.79 Å². The molecule has 1 N–H and O–H groups in total. The summed E-state index contributed by atoms with van der Waals surface area (Å²) in [6, 6.07) is 16.6. The van der Waals surface area contributed by atoms with Gasteiger partial charge in [-0.15, -0.1) is 0 Å². The number of fused-ring (bicyclic) bond motifs is 1. The van der Waals surface area contributed by atoms with Gasteiger partial charge < -0.3 is 9.84 Å². The molecule has 0 radical (unpaired) electrons. The normalized spacial score (nSPS) is 16.2. The zero-order valence-corrected chi connectivity index (χ0v) is 17.1. The number of hydrogen-bond donors (Lipinski definition) is 1. The van der Waals surface area contributed by atoms with Crippen molar-refractivity contribution in [3.05, 3.63) is 77.4 Å². The molecular formula is C26H24O4. The number of carbonyl (C=O) groups is 2. The van der Waals surface area contributed by atoms with Gasteiger partial charge in [0.15, 0.2) is 0 Å². The smallest absolute Gasteiger partial charge is 0.336 e. The Morgan fingerprint density at radius 1 is 1.00 bits per heavy atom. The number of rotatable bonds is 4. The van der Waals surface area contributed by atoms with E-state index in [1.165, 1.54) is 5.57 Å². The maximum Gasteiger partial charge on any atom is 0.336 e. The summed E-state index contributed by atoms with van der Waals surface area (Å²) in [4.78, 5) is 24.7. The van der Waals surface area contributed by atoms with Crippen LogP contribution in [0.1, 0.15) is 42.1 Å². The summed E-state index contributed by atoms with van der Waals surface area (Å²) in [6.07, 6.45) is 4.50. The fourth-order valence-corrected chi connectivity index (χ4v) is 4.05. The predicted molar refractivity (Wildman–Crippen MR) is 118 cm³/mol. The second-order valence-corrected chi connectivity index (χ2v) is 7.96. The first-order valence-electron chi connectivity index (χ1n) is 10.2. The van der Waals surface area contributed by atoms with Gasteiger partial charge in [0.25, 0.3) is 0 Å². The number of carboxylic acids is 1. The minimum Gasteiger partial charge on any atom is -0.478 e. The lowest BCUT2D eigenvalue weighted by molar-refractivity contribution is -0.139. The van der Waals surface area contributed by atoms with E-state index in [4.69, 9.17) is 4.74 Å². The van der Waals surface area contributed by atoms with Gasteiger partial charge in [0.2, 0.25) is 0 Å². The van der Waals surface area contributed by atoms with Crippen LogP contribution in [0.5, 0.6) is 5.75 Å². The van der Waals surface area contributed by atoms with Gasteiger partial charge in [-0.05, 0) is 61.8 Å². The van der Waals surface area contributed by atoms with Crippen molar-refractivity contribution in [2.24, 2.45) is 5.92 Å². The Bertz CT molecular complexity index is 1170. The molecule has 0 saturated heterocycles. The van der Waals surface area contributed by atoms with E-state index in [1.54, 1.807) is 18.2 Å². The molecule has 0 saturated carbocycles. The molecule has 0 aromatic heterocycles. The number of carboxylic acid groups (broad SMARTS) is 1. The summed E-state index contributed by atoms with van der Waals surface area (Å²) >= 11 is 0. The number of ether oxygens (including phenoxy) is 1. The number of aromatic carboxylic acids is 1. The van der Waals surface area contributed by atoms with Crippen LogP contribution in [0.25, 0.3) is 21.9 Å². The Hall–Kier alpha value is -3.40. The fraction of sp³-hybridized carbons (Fsp3) is 0.231. The average Bonchev–Trinajstić information content (AvgIpc) is 2.73. The number of allylic oxidation sites excluding steroid dienone is 2. The van der Waals surface area contributed by atoms with Crippen LogP contribution >= 0.6 is 0 Å². The largest absolute Gasteiger partial charge is 0.478 e. The fourth-order valence-electron chi connectivity index (χ4n) is 4.05. The van der Waals surface area contributed by atoms with Crippen LogP contribution in [0, 0.1) is 12.8 Å². The highest BCUT2D eigenvalue weighted by Gasteiger charge is 2.24. The molecule has 1 unspecified atom stereocenters. The standard InChI is InChI=1S/C26H24O4/c1-16-9-12-19(13-10-16)26(29)30-23-8-4-6-18-5-3-7-20(24(18)23)22-15-17(2)11-14-21(22)25(27)28/h3-9,11,14-15,19H,10,12-13H2,1-2H3,(H,27,28). The Morgan fingerprint density at radius 2 is 1.77 bits per heavy atom. The Labute approximate surface area is 175 Å². The lowest BCUT2D eigenvalue weighted by Gasteiger charge is -2.20. The van der Waals surface area contributed by atoms with E-state index >= 15 is 0 Å². The summed E-state index contributed by atoms with van der Waals surface area (Å²) < 4.78 is 5.88. The minimum absolute atomic E-state index is 0.148. The molecule has 3 aromatic carbocycles. The third-order valence-electron chi connectivity index (χ3n) is 5.74. The van der Waals surface area contributed by atoms with Crippen LogP contribution in [-0.2, 0) is 4.79 Å². The van der Waals surface area contributed by atoms with Crippen LogP contribution in [0.15, 0.2) is 66.2 Å². The highest BCUT2D eigenvalue weighted by Crippen LogP contribution is 2.38. The van der Waals surface area contributed by atoms with Crippen LogP contribution in [0.3, 0.4) is 0 Å². The third kappa shape index (κ3) is 3.86. The van der Waals surface area contributed by atoms with E-state index in [-0.39, 0.29) is 17.5 Å². The van der Waals surface area contributed by atoms with Gasteiger partial charge in [0.1, 0.15) is 5.75 Å². The Morgan fingerprint density at radius 3 is 2.47 bits per heavy atom. The number of aryl methyl sites for hydroxylation is 1. The predicted octanol–water partition coefficient (Wildman–Crippen LogP) is 6.17. The van der Waals surface area contributed by atoms with Crippen molar-refractivity contribution in [3.8, 4) is 16.9 Å². The molecule has 152 valence electrons. The molecule has 0 bridgehead atoms. The first-order chi connectivity index (χ1) is 14.4. The van der Waals surface area contributed by atoms with Gasteiger partial charge >= 0.3 is 11.9 Å². The maximum absolute atomic E-state index is 12.8. The molecule has 0 aliphatic heterocycles. The molecule has 4 rings (SSSR count). The highest BCUT2D eigenvalue weighted by atomic mass is 16.5. The highest BCUT2D eigenvalue weighted by molar-refractivity contribution is 6.06. The van der Waals surface area contributed by atoms with Crippen molar-refractivity contribution in [1.82, 2.24) is 0 Å². The molecule has 1 aliphatic rings. The van der Waals surface area contributed by atoms with E-state index in [0.29, 0.717) is 17.7 Å². The van der Waals surface area contributed by atoms with Crippen LogP contribution in [-0.4, -0.2) is 17.0 Å². The van der Waals surface area contributed by atoms with Crippen molar-refractivity contribution >= 4 is 22.7 Å². The molecule has 1 atom stereocenters. The SMILES string of the molecule is CC1=CCC(C(=O)Oc2cccc3cccc(-c4cc(C)ccc4C(=O)O)c23)CC1. The number of hydrogen-bond acceptors (Lipinski definition) is 3. The maximum atomic E-state index is 12.8. The molecule has 0 heterocycles. The van der Waals surface area contributed by atoms with Gasteiger partial charge in [-0.25, -0.2) is 4.79 Å². The van der Waals surface area contributed by atoms with Crippen LogP contribution < -0.4 is 4.74 Å². The molecule has 4 heteroatoms. The Balaban J connectivity index is 1.82. The quantitative estimate of drug-likeness (QED) is 0.323. The summed E-state index contributed by atoms with van der Waals surface area (Å²) in [5, 5.41) is 11.4. The van der Waals surface area contributed by atoms with Crippen LogP contribution in [0.4, 0.5) is 0 Å². The number of benzene rings is 3. The summed E-state index contributed by atoms with van der Waals surface area (Å²) in [6.45, 7) is 4.01. The number of carbonyl (C=O) groups excluding carboxylic acids is 1. The van der Waals surface area contributed by atoms with Crippen molar-refractivity contribution in [1.29, 1.82) is 0 Å². The lowest BCUT2D eigenvalue weighted by atomic mass is 9.90. The summed E-state index contributed by atoms with van der Waals surface area (Å²) in [5.41, 5.74) is 3.87. The van der Waals surface area contributed by atoms with E-state index in [1.807, 2.05) is 43.3 Å². The van der Waals surface area contributed by atoms with Gasteiger partial charge in [0, 0.05) is 5.39 Å². The summed E-state index contributed by atoms with van der Waals surface area (Å²) in [5.74, 6) is -0.897. The third-order valence-corrected chi connectivity index (χ3v) is 5.74. The van der Waals surface area contributed by atoms with Gasteiger partial charge in [-0.1, -0.05) is 59.7 Å². The lowest BCUT2D eigenvalue weighted by Crippen LogP contribution is -2.22. The van der Waals surface area contributed by atoms with Crippen molar-refractivity contribution < 1.29 is 19.4 Å². The van der Waals surface area contributed by atoms with Crippen molar-refractivity contribution in [2.75, 3.05) is 0 Å². The first kappa shape index (κ1) is 19.9. The minimum atomic E-state index is -0.985. The monoisotopic (exact) mass is 400 g/mol. The zero-order valence-electron chi connectivity index (χ0n) is 17.1. The molecule has 0 fully saturated rings.